The quantitative estimate of drug-likeness (QED) is 0.656. The Labute approximate surface area is 168 Å². The Morgan fingerprint density at radius 1 is 1.14 bits per heavy atom. The fraction of sp³-hybridized carbons (Fsp3) is 0.227. The SMILES string of the molecule is Cc1csc(N(C(=O)[C@H]2CC(=O)N(Cc3ccccc3)C2)c2ccccc2)n1. The lowest BCUT2D eigenvalue weighted by atomic mass is 10.1. The normalized spacial score (nSPS) is 16.4. The highest BCUT2D eigenvalue weighted by molar-refractivity contribution is 7.14. The highest BCUT2D eigenvalue weighted by atomic mass is 32.1. The van der Waals surface area contributed by atoms with Crippen LogP contribution >= 0.6 is 11.3 Å². The van der Waals surface area contributed by atoms with Gasteiger partial charge in [0.15, 0.2) is 5.13 Å². The van der Waals surface area contributed by atoms with Gasteiger partial charge in [0.2, 0.25) is 11.8 Å². The van der Waals surface area contributed by atoms with Crippen LogP contribution in [0.2, 0.25) is 0 Å². The maximum atomic E-state index is 13.4. The zero-order valence-electron chi connectivity index (χ0n) is 15.6. The number of carbonyl (C=O) groups is 2. The molecule has 1 aliphatic heterocycles. The lowest BCUT2D eigenvalue weighted by Gasteiger charge is -2.23. The first kappa shape index (κ1) is 18.4. The van der Waals surface area contributed by atoms with Gasteiger partial charge in [-0.1, -0.05) is 48.5 Å². The van der Waals surface area contributed by atoms with Gasteiger partial charge in [0.1, 0.15) is 0 Å². The van der Waals surface area contributed by atoms with Gasteiger partial charge >= 0.3 is 0 Å². The Morgan fingerprint density at radius 2 is 1.82 bits per heavy atom. The number of likely N-dealkylation sites (tertiary alicyclic amines) is 1. The molecule has 2 heterocycles. The van der Waals surface area contributed by atoms with Crippen LogP contribution in [0, 0.1) is 12.8 Å². The van der Waals surface area contributed by atoms with E-state index in [1.54, 1.807) is 9.80 Å². The van der Waals surface area contributed by atoms with Crippen molar-refractivity contribution >= 4 is 34.0 Å². The molecule has 6 heteroatoms. The summed E-state index contributed by atoms with van der Waals surface area (Å²) in [5.41, 5.74) is 2.72. The highest BCUT2D eigenvalue weighted by Crippen LogP contribution is 2.32. The van der Waals surface area contributed by atoms with E-state index in [4.69, 9.17) is 0 Å². The van der Waals surface area contributed by atoms with Crippen LogP contribution in [-0.2, 0) is 16.1 Å². The summed E-state index contributed by atoms with van der Waals surface area (Å²) in [6, 6.07) is 19.4. The molecule has 0 aliphatic carbocycles. The average molecular weight is 391 g/mol. The Balaban J connectivity index is 1.56. The topological polar surface area (TPSA) is 53.5 Å². The molecule has 1 aliphatic rings. The van der Waals surface area contributed by atoms with Gasteiger partial charge in [-0.3, -0.25) is 14.5 Å². The van der Waals surface area contributed by atoms with Crippen molar-refractivity contribution in [2.24, 2.45) is 5.92 Å². The van der Waals surface area contributed by atoms with Gasteiger partial charge in [-0.25, -0.2) is 4.98 Å². The molecule has 28 heavy (non-hydrogen) atoms. The summed E-state index contributed by atoms with van der Waals surface area (Å²) in [6.07, 6.45) is 0.235. The third kappa shape index (κ3) is 3.82. The molecule has 1 atom stereocenters. The third-order valence-electron chi connectivity index (χ3n) is 4.81. The summed E-state index contributed by atoms with van der Waals surface area (Å²) >= 11 is 1.44. The molecule has 3 aromatic rings. The molecule has 0 bridgehead atoms. The van der Waals surface area contributed by atoms with Crippen molar-refractivity contribution in [3.63, 3.8) is 0 Å². The van der Waals surface area contributed by atoms with E-state index in [9.17, 15) is 9.59 Å². The Morgan fingerprint density at radius 3 is 2.46 bits per heavy atom. The molecule has 1 fully saturated rings. The number of anilines is 2. The zero-order chi connectivity index (χ0) is 19.5. The van der Waals surface area contributed by atoms with Crippen molar-refractivity contribution < 1.29 is 9.59 Å². The molecule has 0 unspecified atom stereocenters. The molecule has 2 amide bonds. The second kappa shape index (κ2) is 7.94. The van der Waals surface area contributed by atoms with Gasteiger partial charge in [-0.15, -0.1) is 11.3 Å². The first-order chi connectivity index (χ1) is 13.6. The van der Waals surface area contributed by atoms with E-state index >= 15 is 0 Å². The number of rotatable bonds is 5. The molecule has 142 valence electrons. The molecule has 0 saturated carbocycles. The number of para-hydroxylation sites is 1. The van der Waals surface area contributed by atoms with E-state index in [0.717, 1.165) is 16.9 Å². The largest absolute Gasteiger partial charge is 0.338 e. The van der Waals surface area contributed by atoms with E-state index in [1.807, 2.05) is 73.0 Å². The molecule has 0 spiro atoms. The predicted octanol–water partition coefficient (Wildman–Crippen LogP) is 4.16. The summed E-state index contributed by atoms with van der Waals surface area (Å²) in [7, 11) is 0. The molecular weight excluding hydrogens is 370 g/mol. The van der Waals surface area contributed by atoms with Crippen molar-refractivity contribution in [1.29, 1.82) is 0 Å². The molecule has 0 N–H and O–H groups in total. The number of carbonyl (C=O) groups excluding carboxylic acids is 2. The summed E-state index contributed by atoms with van der Waals surface area (Å²) in [5, 5.41) is 2.57. The molecule has 1 aromatic heterocycles. The van der Waals surface area contributed by atoms with Gasteiger partial charge in [-0.2, -0.15) is 0 Å². The van der Waals surface area contributed by atoms with Gasteiger partial charge < -0.3 is 4.90 Å². The third-order valence-corrected chi connectivity index (χ3v) is 5.76. The second-order valence-corrected chi connectivity index (χ2v) is 7.78. The van der Waals surface area contributed by atoms with Crippen LogP contribution in [0.25, 0.3) is 0 Å². The first-order valence-electron chi connectivity index (χ1n) is 9.24. The average Bonchev–Trinajstić information content (AvgIpc) is 3.30. The maximum absolute atomic E-state index is 13.4. The fourth-order valence-corrected chi connectivity index (χ4v) is 4.26. The Kier molecular flexibility index (Phi) is 5.21. The molecular formula is C22H21N3O2S. The van der Waals surface area contributed by atoms with Crippen LogP contribution in [0.5, 0.6) is 0 Å². The summed E-state index contributed by atoms with van der Waals surface area (Å²) < 4.78 is 0. The lowest BCUT2D eigenvalue weighted by molar-refractivity contribution is -0.128. The van der Waals surface area contributed by atoms with Crippen LogP contribution in [0.3, 0.4) is 0 Å². The number of aromatic nitrogens is 1. The number of hydrogen-bond donors (Lipinski definition) is 0. The molecule has 0 radical (unpaired) electrons. The minimum absolute atomic E-state index is 0.0190. The van der Waals surface area contributed by atoms with Crippen LogP contribution in [0.15, 0.2) is 66.0 Å². The fourth-order valence-electron chi connectivity index (χ4n) is 3.43. The van der Waals surface area contributed by atoms with Gasteiger partial charge in [0.05, 0.1) is 17.3 Å². The second-order valence-electron chi connectivity index (χ2n) is 6.94. The van der Waals surface area contributed by atoms with Crippen molar-refractivity contribution in [2.45, 2.75) is 19.9 Å². The predicted molar refractivity (Wildman–Crippen MR) is 110 cm³/mol. The Bertz CT molecular complexity index is 972. The van der Waals surface area contributed by atoms with Gasteiger partial charge in [0, 0.05) is 24.9 Å². The van der Waals surface area contributed by atoms with Gasteiger partial charge in [0.25, 0.3) is 0 Å². The summed E-state index contributed by atoms with van der Waals surface area (Å²) in [6.45, 7) is 2.87. The summed E-state index contributed by atoms with van der Waals surface area (Å²) in [4.78, 5) is 33.9. The standard InChI is InChI=1S/C22H21N3O2S/c1-16-15-28-22(23-16)25(19-10-6-3-7-11-19)21(27)18-12-20(26)24(14-18)13-17-8-4-2-5-9-17/h2-11,15,18H,12-14H2,1H3/t18-/m0/s1. The van der Waals surface area contributed by atoms with Crippen molar-refractivity contribution in [1.82, 2.24) is 9.88 Å². The van der Waals surface area contributed by atoms with E-state index in [1.165, 1.54) is 11.3 Å². The van der Waals surface area contributed by atoms with Crippen LogP contribution in [0.4, 0.5) is 10.8 Å². The first-order valence-corrected chi connectivity index (χ1v) is 10.1. The van der Waals surface area contributed by atoms with Crippen molar-refractivity contribution in [2.75, 3.05) is 11.4 Å². The minimum atomic E-state index is -0.374. The van der Waals surface area contributed by atoms with E-state index in [0.29, 0.717) is 18.2 Å². The molecule has 2 aromatic carbocycles. The number of amides is 2. The molecule has 5 nitrogen and oxygen atoms in total. The number of aryl methyl sites for hydroxylation is 1. The van der Waals surface area contributed by atoms with Crippen LogP contribution in [0.1, 0.15) is 17.7 Å². The van der Waals surface area contributed by atoms with E-state index < -0.39 is 0 Å². The van der Waals surface area contributed by atoms with E-state index in [-0.39, 0.29) is 24.2 Å². The van der Waals surface area contributed by atoms with Crippen molar-refractivity contribution in [3.8, 4) is 0 Å². The van der Waals surface area contributed by atoms with Crippen molar-refractivity contribution in [3.05, 3.63) is 77.3 Å². The van der Waals surface area contributed by atoms with Gasteiger partial charge in [-0.05, 0) is 24.6 Å². The number of thiazole rings is 1. The Hall–Kier alpha value is -2.99. The van der Waals surface area contributed by atoms with E-state index in [2.05, 4.69) is 4.98 Å². The minimum Gasteiger partial charge on any atom is -0.338 e. The number of hydrogen-bond acceptors (Lipinski definition) is 4. The monoisotopic (exact) mass is 391 g/mol. The maximum Gasteiger partial charge on any atom is 0.238 e. The smallest absolute Gasteiger partial charge is 0.238 e. The summed E-state index contributed by atoms with van der Waals surface area (Å²) in [5.74, 6) is -0.435. The van der Waals surface area contributed by atoms with Crippen LogP contribution in [-0.4, -0.2) is 28.2 Å². The number of nitrogens with zero attached hydrogens (tertiary/aromatic N) is 3. The molecule has 1 saturated heterocycles. The zero-order valence-corrected chi connectivity index (χ0v) is 16.4. The number of benzene rings is 2. The lowest BCUT2D eigenvalue weighted by Crippen LogP contribution is -2.34. The highest BCUT2D eigenvalue weighted by Gasteiger charge is 2.38. The van der Waals surface area contributed by atoms with Crippen LogP contribution < -0.4 is 4.90 Å². The molecule has 4 rings (SSSR count).